The molecule has 0 spiro atoms. The van der Waals surface area contributed by atoms with Crippen LogP contribution in [-0.2, 0) is 13.1 Å². The summed E-state index contributed by atoms with van der Waals surface area (Å²) in [6.45, 7) is 13.0. The minimum atomic E-state index is 0.487. The van der Waals surface area contributed by atoms with Gasteiger partial charge in [0.15, 0.2) is 0 Å². The molecule has 98 valence electrons. The van der Waals surface area contributed by atoms with Gasteiger partial charge in [-0.2, -0.15) is 0 Å². The maximum absolute atomic E-state index is 5.86. The van der Waals surface area contributed by atoms with E-state index in [9.17, 15) is 0 Å². The fourth-order valence-electron chi connectivity index (χ4n) is 3.66. The molecule has 0 saturated heterocycles. The summed E-state index contributed by atoms with van der Waals surface area (Å²) in [4.78, 5) is 2.57. The van der Waals surface area contributed by atoms with E-state index < -0.39 is 0 Å². The van der Waals surface area contributed by atoms with Gasteiger partial charge in [-0.3, -0.25) is 4.90 Å². The van der Waals surface area contributed by atoms with Crippen LogP contribution in [0.1, 0.15) is 38.8 Å². The molecule has 3 rings (SSSR count). The molecular formula is C16H24N2. The molecule has 2 heteroatoms. The van der Waals surface area contributed by atoms with Gasteiger partial charge in [-0.1, -0.05) is 33.8 Å². The summed E-state index contributed by atoms with van der Waals surface area (Å²) in [5.41, 5.74) is 10.6. The van der Waals surface area contributed by atoms with E-state index in [0.717, 1.165) is 24.7 Å². The van der Waals surface area contributed by atoms with Crippen molar-refractivity contribution in [1.82, 2.24) is 4.90 Å². The smallest absolute Gasteiger partial charge is 0.0317 e. The predicted molar refractivity (Wildman–Crippen MR) is 76.0 cm³/mol. The molecule has 1 aliphatic heterocycles. The molecule has 1 aromatic carbocycles. The van der Waals surface area contributed by atoms with Crippen molar-refractivity contribution in [2.24, 2.45) is 16.7 Å². The third-order valence-electron chi connectivity index (χ3n) is 5.78. The van der Waals surface area contributed by atoms with Crippen LogP contribution in [0.2, 0.25) is 0 Å². The molecule has 0 bridgehead atoms. The molecule has 1 heterocycles. The topological polar surface area (TPSA) is 29.3 Å². The van der Waals surface area contributed by atoms with Crippen molar-refractivity contribution in [3.05, 3.63) is 29.3 Å². The van der Waals surface area contributed by atoms with E-state index in [2.05, 4.69) is 44.7 Å². The second-order valence-corrected chi connectivity index (χ2v) is 7.19. The number of nitrogen functional groups attached to an aromatic ring is 1. The molecule has 18 heavy (non-hydrogen) atoms. The van der Waals surface area contributed by atoms with Crippen molar-refractivity contribution in [2.75, 3.05) is 12.3 Å². The Hall–Kier alpha value is -1.02. The van der Waals surface area contributed by atoms with Crippen LogP contribution in [0.4, 0.5) is 5.69 Å². The average Bonchev–Trinajstić information content (AvgIpc) is 2.64. The SMILES string of the molecule is CC1(C)C(CN2Cc3ccc(N)cc3C2)C1(C)C. The first-order chi connectivity index (χ1) is 8.32. The molecule has 1 aliphatic carbocycles. The van der Waals surface area contributed by atoms with Crippen LogP contribution in [0.25, 0.3) is 0 Å². The highest BCUT2D eigenvalue weighted by molar-refractivity contribution is 5.46. The molecule has 1 saturated carbocycles. The van der Waals surface area contributed by atoms with Gasteiger partial charge >= 0.3 is 0 Å². The minimum Gasteiger partial charge on any atom is -0.399 e. The van der Waals surface area contributed by atoms with Crippen molar-refractivity contribution < 1.29 is 0 Å². The number of anilines is 1. The van der Waals surface area contributed by atoms with Crippen LogP contribution in [0.15, 0.2) is 18.2 Å². The zero-order valence-electron chi connectivity index (χ0n) is 12.0. The Bertz CT molecular complexity index is 474. The van der Waals surface area contributed by atoms with Gasteiger partial charge in [0, 0.05) is 25.3 Å². The Morgan fingerprint density at radius 3 is 2.33 bits per heavy atom. The minimum absolute atomic E-state index is 0.487. The average molecular weight is 244 g/mol. The second-order valence-electron chi connectivity index (χ2n) is 7.19. The van der Waals surface area contributed by atoms with Gasteiger partial charge in [-0.15, -0.1) is 0 Å². The highest BCUT2D eigenvalue weighted by Gasteiger charge is 2.64. The number of rotatable bonds is 2. The number of nitrogens with two attached hydrogens (primary N) is 1. The van der Waals surface area contributed by atoms with E-state index in [1.165, 1.54) is 17.7 Å². The summed E-state index contributed by atoms with van der Waals surface area (Å²) >= 11 is 0. The molecule has 1 aromatic rings. The van der Waals surface area contributed by atoms with Gasteiger partial charge < -0.3 is 5.73 Å². The number of benzene rings is 1. The molecule has 0 unspecified atom stereocenters. The molecule has 2 aliphatic rings. The van der Waals surface area contributed by atoms with Crippen LogP contribution < -0.4 is 5.73 Å². The molecule has 0 amide bonds. The van der Waals surface area contributed by atoms with E-state index in [1.807, 2.05) is 6.07 Å². The largest absolute Gasteiger partial charge is 0.399 e. The third-order valence-corrected chi connectivity index (χ3v) is 5.78. The van der Waals surface area contributed by atoms with Crippen molar-refractivity contribution in [2.45, 2.75) is 40.8 Å². The fourth-order valence-corrected chi connectivity index (χ4v) is 3.66. The number of fused-ring (bicyclic) bond motifs is 1. The van der Waals surface area contributed by atoms with Crippen LogP contribution >= 0.6 is 0 Å². The van der Waals surface area contributed by atoms with Crippen molar-refractivity contribution in [3.63, 3.8) is 0 Å². The lowest BCUT2D eigenvalue weighted by atomic mass is 10.0. The predicted octanol–water partition coefficient (Wildman–Crippen LogP) is 3.27. The van der Waals surface area contributed by atoms with E-state index in [4.69, 9.17) is 5.73 Å². The lowest BCUT2D eigenvalue weighted by molar-refractivity contribution is 0.253. The maximum atomic E-state index is 5.86. The van der Waals surface area contributed by atoms with Gasteiger partial charge in [0.25, 0.3) is 0 Å². The molecule has 1 fully saturated rings. The zero-order chi connectivity index (χ0) is 13.1. The van der Waals surface area contributed by atoms with Crippen molar-refractivity contribution in [1.29, 1.82) is 0 Å². The van der Waals surface area contributed by atoms with Crippen molar-refractivity contribution in [3.8, 4) is 0 Å². The van der Waals surface area contributed by atoms with Crippen LogP contribution in [0, 0.1) is 16.7 Å². The monoisotopic (exact) mass is 244 g/mol. The van der Waals surface area contributed by atoms with Crippen LogP contribution in [-0.4, -0.2) is 11.4 Å². The van der Waals surface area contributed by atoms with Crippen molar-refractivity contribution >= 4 is 5.69 Å². The summed E-state index contributed by atoms with van der Waals surface area (Å²) < 4.78 is 0. The number of nitrogens with zero attached hydrogens (tertiary/aromatic N) is 1. The fraction of sp³-hybridized carbons (Fsp3) is 0.625. The van der Waals surface area contributed by atoms with Gasteiger partial charge in [0.2, 0.25) is 0 Å². The Morgan fingerprint density at radius 2 is 1.72 bits per heavy atom. The maximum Gasteiger partial charge on any atom is 0.0317 e. The molecule has 0 atom stereocenters. The first-order valence-corrected chi connectivity index (χ1v) is 6.92. The molecule has 0 radical (unpaired) electrons. The van der Waals surface area contributed by atoms with E-state index >= 15 is 0 Å². The molecule has 2 N–H and O–H groups in total. The van der Waals surface area contributed by atoms with Gasteiger partial charge in [-0.05, 0) is 40.0 Å². The molecule has 2 nitrogen and oxygen atoms in total. The zero-order valence-corrected chi connectivity index (χ0v) is 12.0. The van der Waals surface area contributed by atoms with Gasteiger partial charge in [0.1, 0.15) is 0 Å². The molecule has 0 aromatic heterocycles. The highest BCUT2D eigenvalue weighted by atomic mass is 15.2. The van der Waals surface area contributed by atoms with Gasteiger partial charge in [-0.25, -0.2) is 0 Å². The quantitative estimate of drug-likeness (QED) is 0.809. The summed E-state index contributed by atoms with van der Waals surface area (Å²) in [5.74, 6) is 0.816. The first kappa shape index (κ1) is 12.0. The normalized spacial score (nSPS) is 25.1. The number of hydrogen-bond acceptors (Lipinski definition) is 2. The molecular weight excluding hydrogens is 220 g/mol. The van der Waals surface area contributed by atoms with Gasteiger partial charge in [0.05, 0.1) is 0 Å². The standard InChI is InChI=1S/C16H24N2/c1-15(2)14(16(15,3)4)10-18-8-11-5-6-13(17)7-12(11)9-18/h5-7,14H,8-10,17H2,1-4H3. The van der Waals surface area contributed by atoms with Crippen LogP contribution in [0.5, 0.6) is 0 Å². The first-order valence-electron chi connectivity index (χ1n) is 6.92. The van der Waals surface area contributed by atoms with E-state index in [-0.39, 0.29) is 0 Å². The van der Waals surface area contributed by atoms with Crippen LogP contribution in [0.3, 0.4) is 0 Å². The number of hydrogen-bond donors (Lipinski definition) is 1. The van der Waals surface area contributed by atoms with E-state index in [0.29, 0.717) is 10.8 Å². The highest BCUT2D eigenvalue weighted by Crippen LogP contribution is 2.68. The summed E-state index contributed by atoms with van der Waals surface area (Å²) in [6.07, 6.45) is 0. The van der Waals surface area contributed by atoms with E-state index in [1.54, 1.807) is 0 Å². The third kappa shape index (κ3) is 1.58. The lowest BCUT2D eigenvalue weighted by Crippen LogP contribution is -2.21. The summed E-state index contributed by atoms with van der Waals surface area (Å²) in [6, 6.07) is 6.35. The second kappa shape index (κ2) is 3.51. The Kier molecular flexibility index (Phi) is 2.34. The Morgan fingerprint density at radius 1 is 1.11 bits per heavy atom. The Labute approximate surface area is 110 Å². The Balaban J connectivity index is 1.69. The summed E-state index contributed by atoms with van der Waals surface area (Å²) in [7, 11) is 0. The summed E-state index contributed by atoms with van der Waals surface area (Å²) in [5, 5.41) is 0. The lowest BCUT2D eigenvalue weighted by Gasteiger charge is -2.16.